The fraction of sp³-hybridized carbons (Fsp3) is 0. The normalized spacial score (nSPS) is 8.36. The minimum atomic E-state index is -1.11. The van der Waals surface area contributed by atoms with Gasteiger partial charge in [-0.3, -0.25) is 0 Å². The number of carboxylic acids is 1. The van der Waals surface area contributed by atoms with Gasteiger partial charge < -0.3 is 10.2 Å². The van der Waals surface area contributed by atoms with Crippen molar-refractivity contribution in [1.82, 2.24) is 0 Å². The second-order valence-electron chi connectivity index (χ2n) is 1.82. The zero-order chi connectivity index (χ0) is 7.56. The van der Waals surface area contributed by atoms with Crippen LogP contribution < -0.4 is 0 Å². The summed E-state index contributed by atoms with van der Waals surface area (Å²) < 4.78 is 0. The summed E-state index contributed by atoms with van der Waals surface area (Å²) in [4.78, 5) is 10.3. The average molecular weight is 361 g/mol. The van der Waals surface area contributed by atoms with Crippen LogP contribution in [0.25, 0.3) is 0 Å². The summed E-state index contributed by atoms with van der Waals surface area (Å²) in [5.74, 6) is -1.31. The predicted octanol–water partition coefficient (Wildman–Crippen LogP) is 1.09. The van der Waals surface area contributed by atoms with Gasteiger partial charge in [-0.25, -0.2) is 4.79 Å². The number of phenols is 1. The topological polar surface area (TPSA) is 57.5 Å². The maximum Gasteiger partial charge on any atom is 0.339 e. The SMILES string of the molecule is O=C(O)c1ccccc1O.[Fr]. The van der Waals surface area contributed by atoms with Crippen LogP contribution in [-0.2, 0) is 0 Å². The molecule has 0 amide bonds. The summed E-state index contributed by atoms with van der Waals surface area (Å²) in [6.07, 6.45) is 0. The second-order valence-corrected chi connectivity index (χ2v) is 1.82. The summed E-state index contributed by atoms with van der Waals surface area (Å²) in [7, 11) is 0. The van der Waals surface area contributed by atoms with E-state index in [9.17, 15) is 4.79 Å². The molecule has 1 rings (SSSR count). The van der Waals surface area contributed by atoms with E-state index >= 15 is 0 Å². The molecule has 1 aromatic rings. The molecule has 3 nitrogen and oxygen atoms in total. The molecule has 0 spiro atoms. The molecule has 0 aliphatic carbocycles. The van der Waals surface area contributed by atoms with E-state index in [2.05, 4.69) is 0 Å². The molecule has 0 aliphatic rings. The van der Waals surface area contributed by atoms with Gasteiger partial charge in [0.15, 0.2) is 0 Å². The van der Waals surface area contributed by atoms with E-state index in [1.54, 1.807) is 12.1 Å². The molecular weight excluding hydrogens is 355 g/mol. The molecule has 11 heavy (non-hydrogen) atoms. The van der Waals surface area contributed by atoms with Gasteiger partial charge in [0.25, 0.3) is 0 Å². The van der Waals surface area contributed by atoms with E-state index in [-0.39, 0.29) is 61.2 Å². The van der Waals surface area contributed by atoms with Crippen LogP contribution in [0.4, 0.5) is 0 Å². The molecule has 0 atom stereocenters. The molecule has 0 saturated heterocycles. The molecular formula is C7H6FrO3. The minimum absolute atomic E-state index is 0. The van der Waals surface area contributed by atoms with Crippen LogP contribution in [0.5, 0.6) is 5.75 Å². The van der Waals surface area contributed by atoms with Crippen LogP contribution in [0.3, 0.4) is 0 Å². The van der Waals surface area contributed by atoms with Gasteiger partial charge in [-0.1, -0.05) is 12.1 Å². The molecule has 1 aromatic carbocycles. The third-order valence-electron chi connectivity index (χ3n) is 1.13. The van der Waals surface area contributed by atoms with Crippen LogP contribution in [0.15, 0.2) is 24.3 Å². The van der Waals surface area contributed by atoms with E-state index in [1.165, 1.54) is 12.1 Å². The number of hydrogen-bond donors (Lipinski definition) is 2. The first-order chi connectivity index (χ1) is 4.72. The third kappa shape index (κ3) is 2.90. The number of aromatic carboxylic acids is 1. The Morgan fingerprint density at radius 2 is 1.82 bits per heavy atom. The molecule has 53 valence electrons. The van der Waals surface area contributed by atoms with Crippen molar-refractivity contribution in [3.63, 3.8) is 0 Å². The smallest absolute Gasteiger partial charge is 0.339 e. The van der Waals surface area contributed by atoms with Gasteiger partial charge in [0.05, 0.1) is 0 Å². The number of carbonyl (C=O) groups is 1. The van der Waals surface area contributed by atoms with Crippen LogP contribution in [-0.4, -0.2) is 16.2 Å². The molecule has 0 saturated carbocycles. The summed E-state index contributed by atoms with van der Waals surface area (Å²) in [5.41, 5.74) is -0.0671. The van der Waals surface area contributed by atoms with E-state index in [1.807, 2.05) is 0 Å². The van der Waals surface area contributed by atoms with E-state index < -0.39 is 5.97 Å². The number of para-hydroxylation sites is 1. The quantitative estimate of drug-likeness (QED) is 0.788. The Hall–Kier alpha value is 0.0874. The molecule has 0 bridgehead atoms. The van der Waals surface area contributed by atoms with Crippen LogP contribution in [0.2, 0.25) is 0 Å². The summed E-state index contributed by atoms with van der Waals surface area (Å²) in [5, 5.41) is 17.3. The number of benzene rings is 1. The van der Waals surface area contributed by atoms with Crippen molar-refractivity contribution in [2.75, 3.05) is 0 Å². The number of carboxylic acid groups (broad SMARTS) is 1. The molecule has 4 heteroatoms. The van der Waals surface area contributed by atoms with Crippen molar-refractivity contribution in [2.24, 2.45) is 0 Å². The van der Waals surface area contributed by atoms with Gasteiger partial charge in [0.1, 0.15) is 11.3 Å². The molecule has 0 unspecified atom stereocenters. The summed E-state index contributed by atoms with van der Waals surface area (Å²) in [6, 6.07) is 5.81. The Kier molecular flexibility index (Phi) is 4.90. The first-order valence-corrected chi connectivity index (χ1v) is 2.73. The van der Waals surface area contributed by atoms with Gasteiger partial charge >= 0.3 is 5.97 Å². The summed E-state index contributed by atoms with van der Waals surface area (Å²) in [6.45, 7) is 0. The maximum atomic E-state index is 10.3. The van der Waals surface area contributed by atoms with Gasteiger partial charge in [-0.2, -0.15) is 0 Å². The molecule has 2 N–H and O–H groups in total. The minimum Gasteiger partial charge on any atom is -0.507 e. The van der Waals surface area contributed by atoms with E-state index in [0.717, 1.165) is 0 Å². The maximum absolute atomic E-state index is 10.3. The van der Waals surface area contributed by atoms with Gasteiger partial charge in [0.2, 0.25) is 0 Å². The predicted molar refractivity (Wildman–Crippen MR) is 35.1 cm³/mol. The number of hydrogen-bond acceptors (Lipinski definition) is 2. The second kappa shape index (κ2) is 4.86. The monoisotopic (exact) mass is 361 g/mol. The van der Waals surface area contributed by atoms with Crippen molar-refractivity contribution in [1.29, 1.82) is 0 Å². The van der Waals surface area contributed by atoms with Gasteiger partial charge in [0, 0.05) is 49.9 Å². The van der Waals surface area contributed by atoms with Crippen molar-refractivity contribution in [2.45, 2.75) is 0 Å². The standard InChI is InChI=1S/C7H6O3.Fr/c8-6-4-2-1-3-5(6)7(9)10;/h1-4,8H,(H,9,10);. The van der Waals surface area contributed by atoms with Crippen molar-refractivity contribution in [3.8, 4) is 5.75 Å². The van der Waals surface area contributed by atoms with E-state index in [4.69, 9.17) is 10.2 Å². The van der Waals surface area contributed by atoms with Crippen LogP contribution in [0, 0.1) is 49.9 Å². The zero-order valence-electron chi connectivity index (χ0n) is 6.11. The fourth-order valence-corrected chi connectivity index (χ4v) is 0.654. The zero-order valence-corrected chi connectivity index (χ0v) is 14.3. The Morgan fingerprint density at radius 3 is 2.18 bits per heavy atom. The van der Waals surface area contributed by atoms with Crippen molar-refractivity contribution >= 4 is 5.97 Å². The Bertz CT molecular complexity index is 260. The van der Waals surface area contributed by atoms with E-state index in [0.29, 0.717) is 0 Å². The number of rotatable bonds is 1. The summed E-state index contributed by atoms with van der Waals surface area (Å²) >= 11 is 0. The molecule has 0 aromatic heterocycles. The molecule has 0 aliphatic heterocycles. The van der Waals surface area contributed by atoms with Gasteiger partial charge in [-0.15, -0.1) is 0 Å². The Morgan fingerprint density at radius 1 is 1.27 bits per heavy atom. The van der Waals surface area contributed by atoms with Gasteiger partial charge in [-0.05, 0) is 12.1 Å². The first-order valence-electron chi connectivity index (χ1n) is 2.73. The fourth-order valence-electron chi connectivity index (χ4n) is 0.654. The van der Waals surface area contributed by atoms with Crippen LogP contribution in [0.1, 0.15) is 10.4 Å². The molecule has 0 heterocycles. The Labute approximate surface area is 105 Å². The largest absolute Gasteiger partial charge is 0.507 e. The number of aromatic hydroxyl groups is 1. The third-order valence-corrected chi connectivity index (χ3v) is 1.13. The first kappa shape index (κ1) is 11.1. The van der Waals surface area contributed by atoms with Crippen molar-refractivity contribution < 1.29 is 64.9 Å². The van der Waals surface area contributed by atoms with Crippen LogP contribution >= 0.6 is 0 Å². The molecule has 1 radical (unpaired) electrons. The average Bonchev–Trinajstić information content (AvgIpc) is 1.88. The van der Waals surface area contributed by atoms with Crippen molar-refractivity contribution in [3.05, 3.63) is 29.8 Å². The molecule has 0 fully saturated rings. The Balaban J connectivity index is 0.000001000.